The molecule has 0 spiro atoms. The first kappa shape index (κ1) is 17.7. The van der Waals surface area contributed by atoms with Gasteiger partial charge >= 0.3 is 6.03 Å². The molecule has 24 heavy (non-hydrogen) atoms. The van der Waals surface area contributed by atoms with Crippen LogP contribution in [0, 0.1) is 6.92 Å². The van der Waals surface area contributed by atoms with Gasteiger partial charge in [0.1, 0.15) is 0 Å². The van der Waals surface area contributed by atoms with Crippen LogP contribution in [-0.2, 0) is 12.0 Å². The van der Waals surface area contributed by atoms with Crippen LogP contribution >= 0.6 is 0 Å². The van der Waals surface area contributed by atoms with Gasteiger partial charge in [-0.1, -0.05) is 32.9 Å². The number of hydrogen-bond acceptors (Lipinski definition) is 3. The van der Waals surface area contributed by atoms with E-state index in [1.807, 2.05) is 24.3 Å². The van der Waals surface area contributed by atoms with Crippen molar-refractivity contribution in [3.8, 4) is 0 Å². The number of aromatic nitrogens is 2. The van der Waals surface area contributed by atoms with E-state index in [9.17, 15) is 9.59 Å². The van der Waals surface area contributed by atoms with Crippen LogP contribution in [0.5, 0.6) is 0 Å². The molecule has 2 amide bonds. The van der Waals surface area contributed by atoms with Crippen molar-refractivity contribution in [3.63, 3.8) is 0 Å². The summed E-state index contributed by atoms with van der Waals surface area (Å²) in [5.74, 6) is 0. The Morgan fingerprint density at radius 2 is 1.88 bits per heavy atom. The maximum absolute atomic E-state index is 11.9. The average molecular weight is 328 g/mol. The average Bonchev–Trinajstić information content (AvgIpc) is 2.49. The highest BCUT2D eigenvalue weighted by Crippen LogP contribution is 2.23. The van der Waals surface area contributed by atoms with Crippen LogP contribution in [-0.4, -0.2) is 22.1 Å². The molecule has 0 bridgehead atoms. The predicted molar refractivity (Wildman–Crippen MR) is 95.4 cm³/mol. The van der Waals surface area contributed by atoms with E-state index in [0.29, 0.717) is 18.8 Å². The second-order valence-corrected chi connectivity index (χ2v) is 6.77. The number of aryl methyl sites for hydroxylation is 1. The van der Waals surface area contributed by atoms with Crippen molar-refractivity contribution in [1.29, 1.82) is 0 Å². The zero-order valence-electron chi connectivity index (χ0n) is 14.6. The van der Waals surface area contributed by atoms with Crippen molar-refractivity contribution in [2.24, 2.45) is 0 Å². The van der Waals surface area contributed by atoms with Gasteiger partial charge < -0.3 is 10.6 Å². The molecule has 2 N–H and O–H groups in total. The SMILES string of the molecule is Cc1cc(=O)n(CCNC(=O)Nc2ccc(C(C)(C)C)cc2)cn1. The molecule has 128 valence electrons. The van der Waals surface area contributed by atoms with Crippen molar-refractivity contribution in [3.05, 3.63) is 58.3 Å². The fourth-order valence-corrected chi connectivity index (χ4v) is 2.20. The fraction of sp³-hybridized carbons (Fsp3) is 0.389. The second-order valence-electron chi connectivity index (χ2n) is 6.77. The smallest absolute Gasteiger partial charge is 0.319 e. The molecule has 0 fully saturated rings. The molecule has 1 aromatic carbocycles. The summed E-state index contributed by atoms with van der Waals surface area (Å²) >= 11 is 0. The molecule has 2 aromatic rings. The third-order valence-electron chi connectivity index (χ3n) is 3.66. The Balaban J connectivity index is 1.84. The van der Waals surface area contributed by atoms with Crippen LogP contribution in [0.1, 0.15) is 32.0 Å². The Morgan fingerprint density at radius 3 is 2.46 bits per heavy atom. The van der Waals surface area contributed by atoms with Crippen LogP contribution in [0.3, 0.4) is 0 Å². The monoisotopic (exact) mass is 328 g/mol. The van der Waals surface area contributed by atoms with Gasteiger partial charge in [0.2, 0.25) is 0 Å². The summed E-state index contributed by atoms with van der Waals surface area (Å²) in [6, 6.07) is 8.95. The lowest BCUT2D eigenvalue weighted by Gasteiger charge is -2.19. The van der Waals surface area contributed by atoms with Gasteiger partial charge in [0.25, 0.3) is 5.56 Å². The number of nitrogens with one attached hydrogen (secondary N) is 2. The minimum atomic E-state index is -0.299. The Kier molecular flexibility index (Phi) is 5.39. The number of anilines is 1. The lowest BCUT2D eigenvalue weighted by atomic mass is 9.87. The van der Waals surface area contributed by atoms with E-state index in [1.165, 1.54) is 22.5 Å². The number of nitrogens with zero attached hydrogens (tertiary/aromatic N) is 2. The fourth-order valence-electron chi connectivity index (χ4n) is 2.20. The van der Waals surface area contributed by atoms with Gasteiger partial charge in [-0.15, -0.1) is 0 Å². The van der Waals surface area contributed by atoms with Crippen LogP contribution in [0.2, 0.25) is 0 Å². The third-order valence-corrected chi connectivity index (χ3v) is 3.66. The molecule has 1 heterocycles. The summed E-state index contributed by atoms with van der Waals surface area (Å²) in [6.07, 6.45) is 1.49. The van der Waals surface area contributed by atoms with E-state index in [4.69, 9.17) is 0 Å². The topological polar surface area (TPSA) is 76.0 Å². The van der Waals surface area contributed by atoms with Crippen molar-refractivity contribution in [2.45, 2.75) is 39.7 Å². The lowest BCUT2D eigenvalue weighted by molar-refractivity contribution is 0.251. The number of rotatable bonds is 4. The number of urea groups is 1. The highest BCUT2D eigenvalue weighted by molar-refractivity contribution is 5.89. The highest BCUT2D eigenvalue weighted by atomic mass is 16.2. The number of carbonyl (C=O) groups is 1. The van der Waals surface area contributed by atoms with Crippen molar-refractivity contribution >= 4 is 11.7 Å². The number of benzene rings is 1. The summed E-state index contributed by atoms with van der Waals surface area (Å²) in [4.78, 5) is 27.7. The van der Waals surface area contributed by atoms with Gasteiger partial charge in [0, 0.05) is 30.5 Å². The molecule has 0 aliphatic rings. The van der Waals surface area contributed by atoms with Gasteiger partial charge in [0.15, 0.2) is 0 Å². The molecular weight excluding hydrogens is 304 g/mol. The summed E-state index contributed by atoms with van der Waals surface area (Å²) in [5.41, 5.74) is 2.58. The standard InChI is InChI=1S/C18H24N4O2/c1-13-11-16(23)22(12-20-13)10-9-19-17(24)21-15-7-5-14(6-8-15)18(2,3)4/h5-8,11-12H,9-10H2,1-4H3,(H2,19,21,24). The molecule has 0 aliphatic heterocycles. The van der Waals surface area contributed by atoms with E-state index < -0.39 is 0 Å². The van der Waals surface area contributed by atoms with Crippen molar-refractivity contribution in [1.82, 2.24) is 14.9 Å². The first-order valence-corrected chi connectivity index (χ1v) is 7.94. The van der Waals surface area contributed by atoms with Crippen molar-refractivity contribution in [2.75, 3.05) is 11.9 Å². The summed E-state index contributed by atoms with van der Waals surface area (Å²) in [5, 5.41) is 5.51. The van der Waals surface area contributed by atoms with Gasteiger partial charge in [-0.2, -0.15) is 0 Å². The zero-order valence-corrected chi connectivity index (χ0v) is 14.6. The van der Waals surface area contributed by atoms with Gasteiger partial charge in [-0.05, 0) is 30.0 Å². The van der Waals surface area contributed by atoms with Crippen LogP contribution in [0.25, 0.3) is 0 Å². The lowest BCUT2D eigenvalue weighted by Crippen LogP contribution is -2.33. The van der Waals surface area contributed by atoms with E-state index in [-0.39, 0.29) is 17.0 Å². The summed E-state index contributed by atoms with van der Waals surface area (Å²) in [7, 11) is 0. The minimum absolute atomic E-state index is 0.0795. The molecule has 1 aromatic heterocycles. The van der Waals surface area contributed by atoms with Gasteiger partial charge in [0.05, 0.1) is 6.33 Å². The van der Waals surface area contributed by atoms with E-state index >= 15 is 0 Å². The van der Waals surface area contributed by atoms with E-state index in [1.54, 1.807) is 6.92 Å². The first-order chi connectivity index (χ1) is 11.3. The second kappa shape index (κ2) is 7.29. The summed E-state index contributed by atoms with van der Waals surface area (Å²) in [6.45, 7) is 8.92. The van der Waals surface area contributed by atoms with E-state index in [2.05, 4.69) is 36.4 Å². The molecule has 0 saturated heterocycles. The predicted octanol–water partition coefficient (Wildman–Crippen LogP) is 2.67. The number of hydrogen-bond donors (Lipinski definition) is 2. The minimum Gasteiger partial charge on any atom is -0.336 e. The molecule has 0 unspecified atom stereocenters. The van der Waals surface area contributed by atoms with Gasteiger partial charge in [-0.3, -0.25) is 9.36 Å². The van der Waals surface area contributed by atoms with Crippen molar-refractivity contribution < 1.29 is 4.79 Å². The Bertz CT molecular complexity index is 758. The maximum atomic E-state index is 11.9. The third kappa shape index (κ3) is 4.94. The maximum Gasteiger partial charge on any atom is 0.319 e. The Hall–Kier alpha value is -2.63. The molecule has 0 atom stereocenters. The molecule has 0 radical (unpaired) electrons. The first-order valence-electron chi connectivity index (χ1n) is 7.94. The normalized spacial score (nSPS) is 11.2. The molecule has 6 nitrogen and oxygen atoms in total. The van der Waals surface area contributed by atoms with E-state index in [0.717, 1.165) is 5.69 Å². The van der Waals surface area contributed by atoms with Crippen LogP contribution < -0.4 is 16.2 Å². The van der Waals surface area contributed by atoms with Gasteiger partial charge in [-0.25, -0.2) is 9.78 Å². The molecule has 2 rings (SSSR count). The largest absolute Gasteiger partial charge is 0.336 e. The Morgan fingerprint density at radius 1 is 1.21 bits per heavy atom. The highest BCUT2D eigenvalue weighted by Gasteiger charge is 2.13. The molecule has 0 aliphatic carbocycles. The van der Waals surface area contributed by atoms with Crippen LogP contribution in [0.4, 0.5) is 10.5 Å². The summed E-state index contributed by atoms with van der Waals surface area (Å²) < 4.78 is 1.46. The molecular formula is C18H24N4O2. The van der Waals surface area contributed by atoms with Crippen LogP contribution in [0.15, 0.2) is 41.5 Å². The molecule has 0 saturated carbocycles. The molecule has 6 heteroatoms. The number of amides is 2. The Labute approximate surface area is 141 Å². The zero-order chi connectivity index (χ0) is 17.7. The quantitative estimate of drug-likeness (QED) is 0.906. The number of carbonyl (C=O) groups excluding carboxylic acids is 1.